The normalized spacial score (nSPS) is 13.3. The zero-order chi connectivity index (χ0) is 45.7. The van der Waals surface area contributed by atoms with Crippen LogP contribution in [0.4, 0.5) is 4.39 Å². The van der Waals surface area contributed by atoms with Crippen molar-refractivity contribution in [2.24, 2.45) is 0 Å². The van der Waals surface area contributed by atoms with Gasteiger partial charge in [0, 0.05) is 43.7 Å². The maximum atomic E-state index is 15.5. The van der Waals surface area contributed by atoms with Crippen LogP contribution in [0.5, 0.6) is 0 Å². The van der Waals surface area contributed by atoms with Crippen LogP contribution in [-0.4, -0.2) is 19.1 Å². The van der Waals surface area contributed by atoms with Crippen molar-refractivity contribution in [3.05, 3.63) is 155 Å². The maximum Gasteiger partial charge on any atom is 0.151 e. The lowest BCUT2D eigenvalue weighted by molar-refractivity contribution is 0.590. The fraction of sp³-hybridized carbons (Fsp3) is 0.267. The molecule has 65 heavy (non-hydrogen) atoms. The van der Waals surface area contributed by atoms with E-state index < -0.39 is 0 Å². The molecule has 0 radical (unpaired) electrons. The van der Waals surface area contributed by atoms with Crippen LogP contribution in [0.1, 0.15) is 105 Å². The number of hydrogen-bond donors (Lipinski definition) is 0. The largest absolute Gasteiger partial charge is 0.309 e. The molecule has 324 valence electrons. The van der Waals surface area contributed by atoms with Gasteiger partial charge in [-0.25, -0.2) is 14.4 Å². The third-order valence-corrected chi connectivity index (χ3v) is 14.0. The van der Waals surface area contributed by atoms with Crippen LogP contribution in [-0.2, 0) is 21.7 Å². The molecule has 4 nitrogen and oxygen atoms in total. The Balaban J connectivity index is 1.24. The predicted octanol–water partition coefficient (Wildman–Crippen LogP) is 16.6. The molecule has 5 heteroatoms. The van der Waals surface area contributed by atoms with Crippen molar-refractivity contribution in [1.82, 2.24) is 19.1 Å². The zero-order valence-electron chi connectivity index (χ0n) is 39.8. The molecule has 3 aromatic heterocycles. The summed E-state index contributed by atoms with van der Waals surface area (Å²) < 4.78 is 20.4. The first-order valence-corrected chi connectivity index (χ1v) is 23.1. The molecule has 0 amide bonds. The van der Waals surface area contributed by atoms with Gasteiger partial charge in [-0.05, 0) is 140 Å². The maximum absolute atomic E-state index is 15.5. The Bertz CT molecular complexity index is 3670. The Kier molecular flexibility index (Phi) is 8.68. The molecule has 0 bridgehead atoms. The van der Waals surface area contributed by atoms with Crippen molar-refractivity contribution in [2.75, 3.05) is 0 Å². The monoisotopic (exact) mass is 852 g/mol. The van der Waals surface area contributed by atoms with Gasteiger partial charge in [0.25, 0.3) is 0 Å². The van der Waals surface area contributed by atoms with Gasteiger partial charge < -0.3 is 9.13 Å². The van der Waals surface area contributed by atoms with Crippen LogP contribution < -0.4 is 0 Å². The van der Waals surface area contributed by atoms with E-state index in [1.807, 2.05) is 6.07 Å². The van der Waals surface area contributed by atoms with Crippen LogP contribution >= 0.6 is 0 Å². The summed E-state index contributed by atoms with van der Waals surface area (Å²) in [5.74, 6) is -0.373. The molecular weight excluding hydrogens is 796 g/mol. The van der Waals surface area contributed by atoms with Crippen molar-refractivity contribution in [2.45, 2.75) is 105 Å². The molecule has 0 spiro atoms. The first kappa shape index (κ1) is 41.1. The van der Waals surface area contributed by atoms with Crippen LogP contribution in [0, 0.1) is 5.82 Å². The van der Waals surface area contributed by atoms with Crippen molar-refractivity contribution < 1.29 is 4.39 Å². The van der Waals surface area contributed by atoms with E-state index >= 15 is 4.39 Å². The summed E-state index contributed by atoms with van der Waals surface area (Å²) >= 11 is 0. The van der Waals surface area contributed by atoms with Gasteiger partial charge in [0.15, 0.2) is 5.82 Å². The van der Waals surface area contributed by atoms with Crippen molar-refractivity contribution in [1.29, 1.82) is 0 Å². The van der Waals surface area contributed by atoms with E-state index in [1.165, 1.54) is 60.9 Å². The van der Waals surface area contributed by atoms with Crippen molar-refractivity contribution in [3.8, 4) is 11.4 Å². The highest BCUT2D eigenvalue weighted by Crippen LogP contribution is 2.43. The lowest BCUT2D eigenvalue weighted by atomic mass is 9.85. The minimum Gasteiger partial charge on any atom is -0.309 e. The average molecular weight is 853 g/mol. The van der Waals surface area contributed by atoms with E-state index in [-0.39, 0.29) is 33.0 Å². The van der Waals surface area contributed by atoms with Crippen LogP contribution in [0.25, 0.3) is 98.6 Å². The van der Waals surface area contributed by atoms with E-state index in [0.29, 0.717) is 11.0 Å². The molecule has 0 atom stereocenters. The Labute approximate surface area is 380 Å². The molecule has 0 unspecified atom stereocenters. The average Bonchev–Trinajstić information content (AvgIpc) is 3.76. The molecule has 8 aromatic carbocycles. The second-order valence-electron chi connectivity index (χ2n) is 22.6. The second-order valence-corrected chi connectivity index (χ2v) is 22.6. The number of nitrogens with zero attached hydrogens (tertiary/aromatic N) is 4. The summed E-state index contributed by atoms with van der Waals surface area (Å²) in [6.07, 6.45) is 0. The fourth-order valence-electron chi connectivity index (χ4n) is 10.1. The minimum atomic E-state index is -0.373. The molecule has 3 heterocycles. The highest BCUT2D eigenvalue weighted by Gasteiger charge is 2.24. The van der Waals surface area contributed by atoms with E-state index in [0.717, 1.165) is 49.5 Å². The summed E-state index contributed by atoms with van der Waals surface area (Å²) in [4.78, 5) is 10.2. The summed E-state index contributed by atoms with van der Waals surface area (Å²) in [5.41, 5.74) is 14.3. The van der Waals surface area contributed by atoms with Gasteiger partial charge in [0.2, 0.25) is 0 Å². The van der Waals surface area contributed by atoms with Gasteiger partial charge in [-0.1, -0.05) is 126 Å². The van der Waals surface area contributed by atoms with Gasteiger partial charge >= 0.3 is 0 Å². The molecule has 0 saturated carbocycles. The molecular formula is C60H57FN4. The first-order valence-electron chi connectivity index (χ1n) is 23.1. The lowest BCUT2D eigenvalue weighted by Crippen LogP contribution is -2.10. The Morgan fingerprint density at radius 2 is 0.692 bits per heavy atom. The summed E-state index contributed by atoms with van der Waals surface area (Å²) in [6.45, 7) is 27.4. The van der Waals surface area contributed by atoms with Crippen LogP contribution in [0.2, 0.25) is 0 Å². The van der Waals surface area contributed by atoms with E-state index in [1.54, 1.807) is 6.07 Å². The summed E-state index contributed by atoms with van der Waals surface area (Å²) in [6, 6.07) is 46.4. The zero-order valence-corrected chi connectivity index (χ0v) is 39.8. The lowest BCUT2D eigenvalue weighted by Gasteiger charge is -2.19. The van der Waals surface area contributed by atoms with Crippen molar-refractivity contribution >= 4 is 87.2 Å². The molecule has 0 saturated heterocycles. The number of benzene rings is 8. The fourth-order valence-corrected chi connectivity index (χ4v) is 10.1. The highest BCUT2D eigenvalue weighted by atomic mass is 19.1. The van der Waals surface area contributed by atoms with Gasteiger partial charge in [0.05, 0.1) is 38.6 Å². The Morgan fingerprint density at radius 3 is 1.05 bits per heavy atom. The SMILES string of the molecule is CC(C)(C)c1ccc2c(c1)c1cc(C(C)(C)C)ccc1n2-c1ccc2c(c1)c1cc(-n3c4ccc(C(C)(C)C)cc4c4cc(C(C)(C)C)ccc43)ccc1c1nc3c(F)cccc3nc21. The molecule has 11 rings (SSSR count). The Morgan fingerprint density at radius 1 is 0.338 bits per heavy atom. The molecule has 0 aliphatic rings. The second kappa shape index (κ2) is 13.7. The predicted molar refractivity (Wildman–Crippen MR) is 275 cm³/mol. The minimum absolute atomic E-state index is 0.000862. The third-order valence-electron chi connectivity index (χ3n) is 14.0. The quantitative estimate of drug-likeness (QED) is 0.128. The Hall–Kier alpha value is -6.59. The molecule has 0 aliphatic heterocycles. The van der Waals surface area contributed by atoms with Crippen LogP contribution in [0.3, 0.4) is 0 Å². The number of para-hydroxylation sites is 1. The summed E-state index contributed by atoms with van der Waals surface area (Å²) in [7, 11) is 0. The van der Waals surface area contributed by atoms with Gasteiger partial charge in [-0.15, -0.1) is 0 Å². The molecule has 0 N–H and O–H groups in total. The van der Waals surface area contributed by atoms with E-state index in [9.17, 15) is 0 Å². The topological polar surface area (TPSA) is 35.6 Å². The number of rotatable bonds is 2. The standard InChI is InChI=1S/C60H57FN4/c1-57(2,3)34-16-24-50-44(28-34)45-29-35(58(4,5)6)17-25-51(45)64(50)38-20-22-40-42(32-38)43-33-39(21-23-41(43)55-54(40)62-49-15-13-14-48(61)56(49)63-55)65-52-26-18-36(59(7,8)9)30-46(52)47-31-37(60(10,11)12)19-27-53(47)65/h13-33H,1-12H3. The van der Waals surface area contributed by atoms with Gasteiger partial charge in [-0.3, -0.25) is 0 Å². The number of hydrogen-bond acceptors (Lipinski definition) is 2. The third kappa shape index (κ3) is 6.44. The molecule has 0 aliphatic carbocycles. The first-order chi connectivity index (χ1) is 30.6. The van der Waals surface area contributed by atoms with E-state index in [2.05, 4.69) is 201 Å². The van der Waals surface area contributed by atoms with Crippen LogP contribution in [0.15, 0.2) is 127 Å². The van der Waals surface area contributed by atoms with E-state index in [4.69, 9.17) is 9.97 Å². The number of halogens is 1. The highest BCUT2D eigenvalue weighted by molar-refractivity contribution is 6.25. The number of fused-ring (bicyclic) bond motifs is 13. The number of aromatic nitrogens is 4. The smallest absolute Gasteiger partial charge is 0.151 e. The summed E-state index contributed by atoms with van der Waals surface area (Å²) in [5, 5.41) is 9.00. The van der Waals surface area contributed by atoms with Crippen molar-refractivity contribution in [3.63, 3.8) is 0 Å². The van der Waals surface area contributed by atoms with Gasteiger partial charge in [0.1, 0.15) is 5.52 Å². The molecule has 11 aromatic rings. The van der Waals surface area contributed by atoms with Gasteiger partial charge in [-0.2, -0.15) is 0 Å². The molecule has 0 fully saturated rings.